The lowest BCUT2D eigenvalue weighted by molar-refractivity contribution is 0.175. The molecule has 0 bridgehead atoms. The van der Waals surface area contributed by atoms with E-state index < -0.39 is 31.2 Å². The molecule has 0 saturated heterocycles. The van der Waals surface area contributed by atoms with Crippen LogP contribution in [0.5, 0.6) is 0 Å². The minimum Gasteiger partial charge on any atom is -0.309 e. The van der Waals surface area contributed by atoms with E-state index in [-0.39, 0.29) is 36.1 Å². The Labute approximate surface area is 239 Å². The first kappa shape index (κ1) is 47.9. The number of allylic oxidation sites excluding steroid dienone is 1. The first-order chi connectivity index (χ1) is 16.9. The van der Waals surface area contributed by atoms with Gasteiger partial charge in [-0.05, 0) is 49.4 Å². The van der Waals surface area contributed by atoms with Gasteiger partial charge in [-0.1, -0.05) is 67.9 Å². The molecule has 0 radical (unpaired) electrons. The van der Waals surface area contributed by atoms with Crippen molar-refractivity contribution in [1.82, 2.24) is 0 Å². The van der Waals surface area contributed by atoms with E-state index in [1.807, 2.05) is 76.2 Å². The van der Waals surface area contributed by atoms with Gasteiger partial charge in [0.25, 0.3) is 0 Å². The summed E-state index contributed by atoms with van der Waals surface area (Å²) in [6, 6.07) is 0. The summed E-state index contributed by atoms with van der Waals surface area (Å²) in [5.41, 5.74) is 1.33. The Balaban J connectivity index is -0.000000149. The maximum atomic E-state index is 11.4. The van der Waals surface area contributed by atoms with Crippen molar-refractivity contribution in [3.63, 3.8) is 0 Å². The van der Waals surface area contributed by atoms with Gasteiger partial charge >= 0.3 is 31.2 Å². The van der Waals surface area contributed by atoms with Crippen molar-refractivity contribution in [2.75, 3.05) is 19.8 Å². The monoisotopic (exact) mass is 631 g/mol. The molecule has 0 aliphatic rings. The highest BCUT2D eigenvalue weighted by Crippen LogP contribution is 2.20. The first-order valence-corrected chi connectivity index (χ1v) is 16.0. The summed E-state index contributed by atoms with van der Waals surface area (Å²) in [6.07, 6.45) is 1.98. The summed E-state index contributed by atoms with van der Waals surface area (Å²) in [6.45, 7) is 32.1. The second kappa shape index (κ2) is 21.8. The predicted octanol–water partition coefficient (Wildman–Crippen LogP) is 5.28. The van der Waals surface area contributed by atoms with Crippen molar-refractivity contribution >= 4 is 31.2 Å². The van der Waals surface area contributed by atoms with Gasteiger partial charge in [-0.15, -0.1) is 28.2 Å². The highest BCUT2D eigenvalue weighted by atomic mass is 32.3. The SMILES string of the molecule is C=C.C=C(C)C.CC(C)(C)CCOS(=O)(=O)OCCC(C)(C)C.CC(C)(C)CCOS(=O)(=O)[OH2+].O=S(=O)(O)O. The minimum absolute atomic E-state index is 0.0463. The van der Waals surface area contributed by atoms with Crippen molar-refractivity contribution in [3.05, 3.63) is 25.3 Å². The largest absolute Gasteiger partial charge is 0.528 e. The molecule has 0 amide bonds. The first-order valence-electron chi connectivity index (χ1n) is 11.8. The summed E-state index contributed by atoms with van der Waals surface area (Å²) >= 11 is 0. The van der Waals surface area contributed by atoms with Gasteiger partial charge in [-0.2, -0.15) is 16.8 Å². The molecule has 0 aromatic heterocycles. The molecular formula is C24H55O12S3+. The van der Waals surface area contributed by atoms with E-state index in [2.05, 4.69) is 23.9 Å². The average Bonchev–Trinajstić information content (AvgIpc) is 2.57. The van der Waals surface area contributed by atoms with Crippen molar-refractivity contribution in [1.29, 1.82) is 0 Å². The summed E-state index contributed by atoms with van der Waals surface area (Å²) in [7, 11) is -12.5. The van der Waals surface area contributed by atoms with Crippen LogP contribution in [0.4, 0.5) is 0 Å². The second-order valence-electron chi connectivity index (χ2n) is 11.9. The molecular weight excluding hydrogens is 576 g/mol. The van der Waals surface area contributed by atoms with Crippen LogP contribution in [0, 0.1) is 16.2 Å². The van der Waals surface area contributed by atoms with Crippen LogP contribution < -0.4 is 0 Å². The van der Waals surface area contributed by atoms with Gasteiger partial charge in [0.2, 0.25) is 0 Å². The van der Waals surface area contributed by atoms with Gasteiger partial charge in [0.1, 0.15) is 0 Å². The summed E-state index contributed by atoms with van der Waals surface area (Å²) < 4.78 is 94.8. The zero-order valence-electron chi connectivity index (χ0n) is 25.7. The van der Waals surface area contributed by atoms with E-state index in [1.165, 1.54) is 5.57 Å². The Hall–Kier alpha value is -0.910. The standard InChI is InChI=1S/C12H26O4S.C6H14O4S.C4H8.C2H4.H2O4S/c1-11(2,3)7-9-15-17(13,14)16-10-8-12(4,5)6;1-6(2,3)4-5-10-11(7,8)9;1-4(2)3;1-2;1-5(2,3)4/h7-10H2,1-6H3;4-5H2,1-3H3,(H,7,8,9);1H2,2-3H3;1-2H2;(H2,1,2,3,4)/p+1. The Bertz CT molecular complexity index is 896. The lowest BCUT2D eigenvalue weighted by Crippen LogP contribution is -2.18. The Morgan fingerprint density at radius 3 is 0.974 bits per heavy atom. The zero-order valence-corrected chi connectivity index (χ0v) is 28.1. The molecule has 15 heteroatoms. The molecule has 12 nitrogen and oxygen atoms in total. The van der Waals surface area contributed by atoms with Gasteiger partial charge < -0.3 is 4.55 Å². The third-order valence-electron chi connectivity index (χ3n) is 3.25. The van der Waals surface area contributed by atoms with E-state index in [4.69, 9.17) is 30.4 Å². The molecule has 240 valence electrons. The van der Waals surface area contributed by atoms with E-state index in [9.17, 15) is 16.8 Å². The highest BCUT2D eigenvalue weighted by molar-refractivity contribution is 7.81. The summed E-state index contributed by atoms with van der Waals surface area (Å²) in [4.78, 5) is 0. The van der Waals surface area contributed by atoms with Crippen LogP contribution in [0.25, 0.3) is 0 Å². The van der Waals surface area contributed by atoms with Gasteiger partial charge in [0.05, 0.1) is 19.8 Å². The lowest BCUT2D eigenvalue weighted by atomic mass is 9.93. The van der Waals surface area contributed by atoms with Gasteiger partial charge in [0, 0.05) is 0 Å². The predicted molar refractivity (Wildman–Crippen MR) is 157 cm³/mol. The number of rotatable bonds is 9. The fourth-order valence-electron chi connectivity index (χ4n) is 1.39. The van der Waals surface area contributed by atoms with Crippen molar-refractivity contribution in [2.45, 2.75) is 95.4 Å². The third kappa shape index (κ3) is 85.7. The van der Waals surface area contributed by atoms with E-state index in [0.29, 0.717) is 19.3 Å². The van der Waals surface area contributed by atoms with Crippen molar-refractivity contribution in [3.8, 4) is 0 Å². The molecule has 0 spiro atoms. The topological polar surface area (TPSA) is 193 Å². The molecule has 0 rings (SSSR count). The van der Waals surface area contributed by atoms with E-state index >= 15 is 0 Å². The Kier molecular flexibility index (Phi) is 26.7. The fourth-order valence-corrected chi connectivity index (χ4v) is 2.34. The molecule has 0 unspecified atom stereocenters. The molecule has 0 aliphatic carbocycles. The van der Waals surface area contributed by atoms with Crippen LogP contribution in [0.2, 0.25) is 0 Å². The zero-order chi connectivity index (χ0) is 32.9. The van der Waals surface area contributed by atoms with Crippen LogP contribution in [0.3, 0.4) is 0 Å². The van der Waals surface area contributed by atoms with Gasteiger partial charge in [-0.25, -0.2) is 12.5 Å². The van der Waals surface area contributed by atoms with Gasteiger partial charge in [0.15, 0.2) is 0 Å². The van der Waals surface area contributed by atoms with Crippen LogP contribution in [0.1, 0.15) is 95.4 Å². The van der Waals surface area contributed by atoms with E-state index in [0.717, 1.165) is 0 Å². The Morgan fingerprint density at radius 2 is 0.821 bits per heavy atom. The number of hydrogen-bond acceptors (Lipinski definition) is 9. The molecule has 0 heterocycles. The van der Waals surface area contributed by atoms with E-state index in [1.54, 1.807) is 0 Å². The number of hydrogen-bond donors (Lipinski definition) is 2. The smallest absolute Gasteiger partial charge is 0.309 e. The maximum absolute atomic E-state index is 11.4. The van der Waals surface area contributed by atoms with Crippen LogP contribution in [-0.2, 0) is 43.7 Å². The normalized spacial score (nSPS) is 12.2. The third-order valence-corrected chi connectivity index (χ3v) is 4.64. The minimum atomic E-state index is -4.67. The fraction of sp³-hybridized carbons (Fsp3) is 0.833. The Morgan fingerprint density at radius 1 is 0.641 bits per heavy atom. The molecule has 39 heavy (non-hydrogen) atoms. The molecule has 0 saturated carbocycles. The average molecular weight is 632 g/mol. The van der Waals surface area contributed by atoms with Crippen molar-refractivity contribution in [2.24, 2.45) is 16.2 Å². The van der Waals surface area contributed by atoms with Crippen LogP contribution in [-0.4, -0.2) is 58.7 Å². The van der Waals surface area contributed by atoms with Crippen LogP contribution in [0.15, 0.2) is 25.3 Å². The maximum Gasteiger partial charge on any atom is 0.528 e. The molecule has 0 aromatic carbocycles. The molecule has 0 aliphatic heterocycles. The molecule has 0 aromatic rings. The summed E-state index contributed by atoms with van der Waals surface area (Å²) in [5, 5.41) is 0. The highest BCUT2D eigenvalue weighted by Gasteiger charge is 2.18. The van der Waals surface area contributed by atoms with Gasteiger partial charge in [-0.3, -0.25) is 9.11 Å². The summed E-state index contributed by atoms with van der Waals surface area (Å²) in [5.74, 6) is 0. The second-order valence-corrected chi connectivity index (χ2v) is 15.2. The van der Waals surface area contributed by atoms with Crippen LogP contribution >= 0.6 is 0 Å². The van der Waals surface area contributed by atoms with Crippen molar-refractivity contribution < 1.29 is 51.5 Å². The molecule has 0 atom stereocenters. The molecule has 4 N–H and O–H groups in total. The lowest BCUT2D eigenvalue weighted by Gasteiger charge is -2.18. The molecule has 0 fully saturated rings. The quantitative estimate of drug-likeness (QED) is 0.191.